The van der Waals surface area contributed by atoms with Crippen LogP contribution < -0.4 is 4.74 Å². The molecular formula is C15H21NO4. The number of aliphatic hydroxyl groups excluding tert-OH is 1. The molecule has 110 valence electrons. The Morgan fingerprint density at radius 2 is 2.10 bits per heavy atom. The molecule has 1 amide bonds. The molecule has 1 aromatic rings. The summed E-state index contributed by atoms with van der Waals surface area (Å²) in [6.07, 6.45) is 2.46. The van der Waals surface area contributed by atoms with Gasteiger partial charge in [-0.05, 0) is 12.1 Å². The van der Waals surface area contributed by atoms with Gasteiger partial charge in [0.05, 0.1) is 19.8 Å². The Morgan fingerprint density at radius 3 is 2.75 bits per heavy atom. The van der Waals surface area contributed by atoms with Gasteiger partial charge in [-0.25, -0.2) is 0 Å². The van der Waals surface area contributed by atoms with Crippen LogP contribution in [0, 0.1) is 0 Å². The van der Waals surface area contributed by atoms with Gasteiger partial charge in [0.15, 0.2) is 0 Å². The van der Waals surface area contributed by atoms with Crippen LogP contribution in [0.25, 0.3) is 6.08 Å². The molecule has 1 N–H and O–H groups in total. The van der Waals surface area contributed by atoms with E-state index in [9.17, 15) is 9.90 Å². The zero-order valence-electron chi connectivity index (χ0n) is 12.1. The van der Waals surface area contributed by atoms with Crippen LogP contribution in [0.2, 0.25) is 0 Å². The van der Waals surface area contributed by atoms with E-state index in [4.69, 9.17) is 9.47 Å². The van der Waals surface area contributed by atoms with Crippen LogP contribution in [0.4, 0.5) is 0 Å². The quantitative estimate of drug-likeness (QED) is 0.761. The molecule has 1 unspecified atom stereocenters. The minimum atomic E-state index is -0.686. The molecule has 0 bridgehead atoms. The first-order valence-corrected chi connectivity index (χ1v) is 6.31. The lowest BCUT2D eigenvalue weighted by Gasteiger charge is -2.18. The molecule has 1 rings (SSSR count). The van der Waals surface area contributed by atoms with E-state index in [1.807, 2.05) is 24.3 Å². The van der Waals surface area contributed by atoms with Crippen molar-refractivity contribution in [1.29, 1.82) is 0 Å². The largest absolute Gasteiger partial charge is 0.496 e. The first kappa shape index (κ1) is 16.2. The smallest absolute Gasteiger partial charge is 0.246 e. The fraction of sp³-hybridized carbons (Fsp3) is 0.400. The molecule has 5 heteroatoms. The zero-order chi connectivity index (χ0) is 15.0. The van der Waals surface area contributed by atoms with Gasteiger partial charge in [-0.2, -0.15) is 0 Å². The number of amides is 1. The third kappa shape index (κ3) is 5.03. The Labute approximate surface area is 119 Å². The van der Waals surface area contributed by atoms with Crippen LogP contribution >= 0.6 is 0 Å². The van der Waals surface area contributed by atoms with Crippen molar-refractivity contribution in [3.05, 3.63) is 35.9 Å². The van der Waals surface area contributed by atoms with Crippen molar-refractivity contribution in [2.24, 2.45) is 0 Å². The molecule has 0 aromatic heterocycles. The molecule has 5 nitrogen and oxygen atoms in total. The summed E-state index contributed by atoms with van der Waals surface area (Å²) < 4.78 is 10.0. The minimum absolute atomic E-state index is 0.189. The van der Waals surface area contributed by atoms with Crippen molar-refractivity contribution in [3.8, 4) is 5.75 Å². The maximum atomic E-state index is 11.9. The number of nitrogens with zero attached hydrogens (tertiary/aromatic N) is 1. The van der Waals surface area contributed by atoms with Gasteiger partial charge in [0.25, 0.3) is 0 Å². The van der Waals surface area contributed by atoms with Gasteiger partial charge in [-0.3, -0.25) is 4.79 Å². The number of carbonyl (C=O) groups excluding carboxylic acids is 1. The first-order chi connectivity index (χ1) is 9.58. The van der Waals surface area contributed by atoms with Crippen LogP contribution in [0.5, 0.6) is 5.75 Å². The summed E-state index contributed by atoms with van der Waals surface area (Å²) in [5.74, 6) is 0.518. The van der Waals surface area contributed by atoms with Crippen LogP contribution in [-0.4, -0.2) is 56.4 Å². The van der Waals surface area contributed by atoms with Gasteiger partial charge >= 0.3 is 0 Å². The topological polar surface area (TPSA) is 59.0 Å². The highest BCUT2D eigenvalue weighted by Crippen LogP contribution is 2.18. The predicted molar refractivity (Wildman–Crippen MR) is 77.5 cm³/mol. The van der Waals surface area contributed by atoms with Gasteiger partial charge in [0.1, 0.15) is 5.75 Å². The maximum Gasteiger partial charge on any atom is 0.246 e. The Bertz CT molecular complexity index is 459. The van der Waals surface area contributed by atoms with E-state index in [2.05, 4.69) is 0 Å². The maximum absolute atomic E-state index is 11.9. The summed E-state index contributed by atoms with van der Waals surface area (Å²) in [7, 11) is 4.72. The lowest BCUT2D eigenvalue weighted by Crippen LogP contribution is -2.35. The summed E-state index contributed by atoms with van der Waals surface area (Å²) in [6, 6.07) is 7.43. The summed E-state index contributed by atoms with van der Waals surface area (Å²) in [5.41, 5.74) is 0.828. The van der Waals surface area contributed by atoms with Crippen molar-refractivity contribution in [2.45, 2.75) is 6.10 Å². The van der Waals surface area contributed by atoms with Crippen molar-refractivity contribution in [3.63, 3.8) is 0 Å². The molecule has 0 radical (unpaired) electrons. The Balaban J connectivity index is 2.62. The van der Waals surface area contributed by atoms with Crippen molar-refractivity contribution in [2.75, 3.05) is 34.4 Å². The monoisotopic (exact) mass is 279 g/mol. The van der Waals surface area contributed by atoms with E-state index in [0.29, 0.717) is 5.75 Å². The molecular weight excluding hydrogens is 258 g/mol. The summed E-state index contributed by atoms with van der Waals surface area (Å²) in [6.45, 7) is 0.427. The number of methoxy groups -OCH3 is 2. The fourth-order valence-electron chi connectivity index (χ4n) is 1.74. The number of para-hydroxylation sites is 1. The molecule has 0 aliphatic carbocycles. The van der Waals surface area contributed by atoms with Crippen LogP contribution in [-0.2, 0) is 9.53 Å². The Hall–Kier alpha value is -1.85. The molecule has 0 heterocycles. The highest BCUT2D eigenvalue weighted by atomic mass is 16.5. The molecule has 20 heavy (non-hydrogen) atoms. The number of hydrogen-bond acceptors (Lipinski definition) is 4. The van der Waals surface area contributed by atoms with E-state index in [0.717, 1.165) is 5.56 Å². The number of likely N-dealkylation sites (N-methyl/N-ethyl adjacent to an activating group) is 1. The van der Waals surface area contributed by atoms with Gasteiger partial charge in [-0.15, -0.1) is 0 Å². The highest BCUT2D eigenvalue weighted by molar-refractivity contribution is 5.92. The van der Waals surface area contributed by atoms with E-state index in [1.54, 1.807) is 20.2 Å². The number of ether oxygens (including phenoxy) is 2. The lowest BCUT2D eigenvalue weighted by atomic mass is 10.2. The average Bonchev–Trinajstić information content (AvgIpc) is 2.45. The number of carbonyl (C=O) groups is 1. The molecule has 0 aliphatic rings. The normalized spacial score (nSPS) is 12.4. The second-order valence-corrected chi connectivity index (χ2v) is 4.40. The van der Waals surface area contributed by atoms with Crippen LogP contribution in [0.3, 0.4) is 0 Å². The number of rotatable bonds is 7. The fourth-order valence-corrected chi connectivity index (χ4v) is 1.74. The van der Waals surface area contributed by atoms with Gasteiger partial charge < -0.3 is 19.5 Å². The lowest BCUT2D eigenvalue weighted by molar-refractivity contribution is -0.126. The van der Waals surface area contributed by atoms with E-state index in [1.165, 1.54) is 18.1 Å². The number of hydrogen-bond donors (Lipinski definition) is 1. The SMILES string of the molecule is COCC(O)CN(C)C(=O)C=Cc1ccccc1OC. The first-order valence-electron chi connectivity index (χ1n) is 6.31. The third-order valence-electron chi connectivity index (χ3n) is 2.76. The summed E-state index contributed by atoms with van der Waals surface area (Å²) >= 11 is 0. The van der Waals surface area contributed by atoms with Crippen LogP contribution in [0.1, 0.15) is 5.56 Å². The van der Waals surface area contributed by atoms with Crippen LogP contribution in [0.15, 0.2) is 30.3 Å². The highest BCUT2D eigenvalue weighted by Gasteiger charge is 2.11. The van der Waals surface area contributed by atoms with Gasteiger partial charge in [0.2, 0.25) is 5.91 Å². The number of benzene rings is 1. The van der Waals surface area contributed by atoms with E-state index < -0.39 is 6.10 Å². The van der Waals surface area contributed by atoms with Crippen molar-refractivity contribution < 1.29 is 19.4 Å². The Morgan fingerprint density at radius 1 is 1.40 bits per heavy atom. The zero-order valence-corrected chi connectivity index (χ0v) is 12.1. The second-order valence-electron chi connectivity index (χ2n) is 4.40. The van der Waals surface area contributed by atoms with Gasteiger partial charge in [-0.1, -0.05) is 18.2 Å². The average molecular weight is 279 g/mol. The summed E-state index contributed by atoms with van der Waals surface area (Å²) in [4.78, 5) is 13.3. The predicted octanol–water partition coefficient (Wildman–Crippen LogP) is 1.17. The molecule has 0 saturated carbocycles. The third-order valence-corrected chi connectivity index (χ3v) is 2.76. The summed E-state index contributed by atoms with van der Waals surface area (Å²) in [5, 5.41) is 9.57. The molecule has 1 atom stereocenters. The standard InChI is InChI=1S/C15H21NO4/c1-16(10-13(17)11-19-2)15(18)9-8-12-6-4-5-7-14(12)20-3/h4-9,13,17H,10-11H2,1-3H3. The number of aliphatic hydroxyl groups is 1. The minimum Gasteiger partial charge on any atom is -0.496 e. The molecule has 0 aliphatic heterocycles. The molecule has 1 aromatic carbocycles. The van der Waals surface area contributed by atoms with Crippen molar-refractivity contribution >= 4 is 12.0 Å². The van der Waals surface area contributed by atoms with Crippen molar-refractivity contribution in [1.82, 2.24) is 4.90 Å². The second kappa shape index (κ2) is 8.35. The molecule has 0 saturated heterocycles. The van der Waals surface area contributed by atoms with E-state index in [-0.39, 0.29) is 19.1 Å². The van der Waals surface area contributed by atoms with E-state index >= 15 is 0 Å². The molecule has 0 fully saturated rings. The van der Waals surface area contributed by atoms with Gasteiger partial charge in [0, 0.05) is 32.3 Å². The Kier molecular flexibility index (Phi) is 6.76. The molecule has 0 spiro atoms.